The van der Waals surface area contributed by atoms with Gasteiger partial charge in [0, 0.05) is 21.8 Å². The zero-order valence-corrected chi connectivity index (χ0v) is 11.3. The largest absolute Gasteiger partial charge is 0.488 e. The quantitative estimate of drug-likeness (QED) is 0.844. The van der Waals surface area contributed by atoms with Gasteiger partial charge in [0.05, 0.1) is 0 Å². The highest BCUT2D eigenvalue weighted by Crippen LogP contribution is 2.29. The number of nitrogen functional groups attached to an aromatic ring is 1. The third kappa shape index (κ3) is 2.59. The van der Waals surface area contributed by atoms with Gasteiger partial charge < -0.3 is 10.5 Å². The van der Waals surface area contributed by atoms with Crippen LogP contribution in [0, 0.1) is 13.8 Å². The third-order valence-corrected chi connectivity index (χ3v) is 3.34. The lowest BCUT2D eigenvalue weighted by Crippen LogP contribution is -2.01. The van der Waals surface area contributed by atoms with E-state index in [1.165, 1.54) is 0 Å². The molecule has 2 aromatic carbocycles. The number of hydrogen-bond acceptors (Lipinski definition) is 2. The van der Waals surface area contributed by atoms with Crippen molar-refractivity contribution in [3.63, 3.8) is 0 Å². The van der Waals surface area contributed by atoms with Gasteiger partial charge in [-0.05, 0) is 31.5 Å². The molecular weight excluding hydrogens is 246 g/mol. The van der Waals surface area contributed by atoms with Gasteiger partial charge in [0.25, 0.3) is 0 Å². The van der Waals surface area contributed by atoms with Crippen LogP contribution in [0.15, 0.2) is 36.4 Å². The fourth-order valence-corrected chi connectivity index (χ4v) is 2.02. The molecule has 0 bridgehead atoms. The number of rotatable bonds is 3. The summed E-state index contributed by atoms with van der Waals surface area (Å²) in [5.74, 6) is 0.843. The number of ether oxygens (including phenoxy) is 1. The predicted molar refractivity (Wildman–Crippen MR) is 76.1 cm³/mol. The van der Waals surface area contributed by atoms with Crippen molar-refractivity contribution in [1.82, 2.24) is 0 Å². The average Bonchev–Trinajstić information content (AvgIpc) is 2.36. The molecular formula is C15H16ClNO. The molecule has 0 amide bonds. The molecule has 0 saturated heterocycles. The Balaban J connectivity index is 2.21. The van der Waals surface area contributed by atoms with Gasteiger partial charge in [-0.3, -0.25) is 0 Å². The molecule has 0 aromatic heterocycles. The van der Waals surface area contributed by atoms with Crippen molar-refractivity contribution in [2.24, 2.45) is 0 Å². The average molecular weight is 262 g/mol. The molecule has 0 atom stereocenters. The molecule has 0 fully saturated rings. The molecule has 18 heavy (non-hydrogen) atoms. The fourth-order valence-electron chi connectivity index (χ4n) is 1.83. The molecule has 0 aliphatic carbocycles. The van der Waals surface area contributed by atoms with Crippen LogP contribution in [0.1, 0.15) is 16.7 Å². The molecule has 0 aliphatic heterocycles. The standard InChI is InChI=1S/C15H16ClNO/c1-10-7-8-14(17)11(2)15(10)18-9-12-5-3-4-6-13(12)16/h3-8H,9,17H2,1-2H3. The van der Waals surface area contributed by atoms with E-state index in [1.807, 2.05) is 50.2 Å². The van der Waals surface area contributed by atoms with E-state index in [0.29, 0.717) is 6.61 Å². The summed E-state index contributed by atoms with van der Waals surface area (Å²) in [5.41, 5.74) is 9.65. The van der Waals surface area contributed by atoms with Gasteiger partial charge in [-0.1, -0.05) is 35.9 Å². The molecule has 0 heterocycles. The van der Waals surface area contributed by atoms with Crippen molar-refractivity contribution in [3.8, 4) is 5.75 Å². The van der Waals surface area contributed by atoms with Gasteiger partial charge >= 0.3 is 0 Å². The summed E-state index contributed by atoms with van der Waals surface area (Å²) < 4.78 is 5.85. The smallest absolute Gasteiger partial charge is 0.127 e. The Morgan fingerprint density at radius 2 is 1.83 bits per heavy atom. The molecule has 2 N–H and O–H groups in total. The number of halogens is 1. The van der Waals surface area contributed by atoms with Crippen LogP contribution >= 0.6 is 11.6 Å². The van der Waals surface area contributed by atoms with Crippen LogP contribution in [0.3, 0.4) is 0 Å². The lowest BCUT2D eigenvalue weighted by atomic mass is 10.1. The summed E-state index contributed by atoms with van der Waals surface area (Å²) >= 11 is 6.10. The van der Waals surface area contributed by atoms with Crippen LogP contribution in [0.2, 0.25) is 5.02 Å². The summed E-state index contributed by atoms with van der Waals surface area (Å²) in [6, 6.07) is 11.5. The minimum Gasteiger partial charge on any atom is -0.488 e. The predicted octanol–water partition coefficient (Wildman–Crippen LogP) is 4.12. The summed E-state index contributed by atoms with van der Waals surface area (Å²) in [6.07, 6.45) is 0. The van der Waals surface area contributed by atoms with Crippen LogP contribution in [0.4, 0.5) is 5.69 Å². The first-order valence-electron chi connectivity index (χ1n) is 5.81. The molecule has 0 radical (unpaired) electrons. The van der Waals surface area contributed by atoms with Gasteiger partial charge in [-0.2, -0.15) is 0 Å². The van der Waals surface area contributed by atoms with Crippen molar-refractivity contribution in [3.05, 3.63) is 58.1 Å². The van der Waals surface area contributed by atoms with E-state index in [1.54, 1.807) is 0 Å². The van der Waals surface area contributed by atoms with Crippen molar-refractivity contribution < 1.29 is 4.74 Å². The Labute approximate surface area is 112 Å². The van der Waals surface area contributed by atoms with Crippen molar-refractivity contribution in [1.29, 1.82) is 0 Å². The third-order valence-electron chi connectivity index (χ3n) is 2.97. The molecule has 2 rings (SSSR count). The van der Waals surface area contributed by atoms with E-state index in [9.17, 15) is 0 Å². The Kier molecular flexibility index (Phi) is 3.78. The summed E-state index contributed by atoms with van der Waals surface area (Å²) in [5, 5.41) is 0.719. The first kappa shape index (κ1) is 12.8. The molecule has 0 saturated carbocycles. The van der Waals surface area contributed by atoms with Crippen LogP contribution in [-0.4, -0.2) is 0 Å². The number of anilines is 1. The number of hydrogen-bond donors (Lipinski definition) is 1. The lowest BCUT2D eigenvalue weighted by molar-refractivity contribution is 0.302. The minimum atomic E-state index is 0.449. The Morgan fingerprint density at radius 1 is 1.11 bits per heavy atom. The summed E-state index contributed by atoms with van der Waals surface area (Å²) in [6.45, 7) is 4.42. The summed E-state index contributed by atoms with van der Waals surface area (Å²) in [7, 11) is 0. The first-order valence-corrected chi connectivity index (χ1v) is 6.19. The van der Waals surface area contributed by atoms with Gasteiger partial charge in [0.15, 0.2) is 0 Å². The van der Waals surface area contributed by atoms with Crippen LogP contribution in [0.5, 0.6) is 5.75 Å². The Morgan fingerprint density at radius 3 is 2.56 bits per heavy atom. The number of nitrogens with two attached hydrogens (primary N) is 1. The van der Waals surface area contributed by atoms with Gasteiger partial charge in [-0.15, -0.1) is 0 Å². The van der Waals surface area contributed by atoms with Crippen molar-refractivity contribution in [2.75, 3.05) is 5.73 Å². The second-order valence-corrected chi connectivity index (χ2v) is 4.71. The lowest BCUT2D eigenvalue weighted by Gasteiger charge is -2.14. The first-order chi connectivity index (χ1) is 8.59. The van der Waals surface area contributed by atoms with E-state index in [-0.39, 0.29) is 0 Å². The zero-order valence-electron chi connectivity index (χ0n) is 10.5. The number of aryl methyl sites for hydroxylation is 1. The van der Waals surface area contributed by atoms with E-state index < -0.39 is 0 Å². The molecule has 0 spiro atoms. The number of benzene rings is 2. The minimum absolute atomic E-state index is 0.449. The SMILES string of the molecule is Cc1ccc(N)c(C)c1OCc1ccccc1Cl. The normalized spacial score (nSPS) is 10.4. The second-order valence-electron chi connectivity index (χ2n) is 4.31. The monoisotopic (exact) mass is 261 g/mol. The fraction of sp³-hybridized carbons (Fsp3) is 0.200. The molecule has 3 heteroatoms. The highest BCUT2D eigenvalue weighted by Gasteiger charge is 2.08. The van der Waals surface area contributed by atoms with E-state index in [2.05, 4.69) is 0 Å². The van der Waals surface area contributed by atoms with E-state index in [0.717, 1.165) is 33.1 Å². The Bertz CT molecular complexity index is 566. The maximum atomic E-state index is 6.10. The highest BCUT2D eigenvalue weighted by molar-refractivity contribution is 6.31. The van der Waals surface area contributed by atoms with Gasteiger partial charge in [0.2, 0.25) is 0 Å². The molecule has 0 unspecified atom stereocenters. The van der Waals surface area contributed by atoms with Gasteiger partial charge in [0.1, 0.15) is 12.4 Å². The maximum Gasteiger partial charge on any atom is 0.127 e. The Hall–Kier alpha value is -1.67. The molecule has 2 aromatic rings. The topological polar surface area (TPSA) is 35.2 Å². The second kappa shape index (κ2) is 5.32. The summed E-state index contributed by atoms with van der Waals surface area (Å²) in [4.78, 5) is 0. The van der Waals surface area contributed by atoms with Crippen LogP contribution in [-0.2, 0) is 6.61 Å². The van der Waals surface area contributed by atoms with Crippen molar-refractivity contribution in [2.45, 2.75) is 20.5 Å². The van der Waals surface area contributed by atoms with Crippen LogP contribution < -0.4 is 10.5 Å². The zero-order chi connectivity index (χ0) is 13.1. The van der Waals surface area contributed by atoms with Crippen LogP contribution in [0.25, 0.3) is 0 Å². The van der Waals surface area contributed by atoms with Crippen molar-refractivity contribution >= 4 is 17.3 Å². The van der Waals surface area contributed by atoms with E-state index in [4.69, 9.17) is 22.1 Å². The van der Waals surface area contributed by atoms with E-state index >= 15 is 0 Å². The molecule has 94 valence electrons. The highest BCUT2D eigenvalue weighted by atomic mass is 35.5. The molecule has 0 aliphatic rings. The van der Waals surface area contributed by atoms with Gasteiger partial charge in [-0.25, -0.2) is 0 Å². The molecule has 2 nitrogen and oxygen atoms in total. The maximum absolute atomic E-state index is 6.10.